The molecule has 0 unspecified atom stereocenters. The third-order valence-corrected chi connectivity index (χ3v) is 4.72. The fourth-order valence-electron chi connectivity index (χ4n) is 3.38. The lowest BCUT2D eigenvalue weighted by Crippen LogP contribution is -2.29. The summed E-state index contributed by atoms with van der Waals surface area (Å²) in [5.74, 6) is -0.0328. The van der Waals surface area contributed by atoms with Crippen LogP contribution in [0.3, 0.4) is 0 Å². The van der Waals surface area contributed by atoms with Crippen LogP contribution in [0.4, 0.5) is 16.0 Å². The SMILES string of the molecule is O=c1[nH]nc(/C=C/c2ccccc2)c2c1Nc1nnnn1[C@@H]2c1ccc(F)cc1. The van der Waals surface area contributed by atoms with Gasteiger partial charge in [-0.3, -0.25) is 4.79 Å². The van der Waals surface area contributed by atoms with Crippen LogP contribution in [0.1, 0.15) is 28.4 Å². The zero-order valence-corrected chi connectivity index (χ0v) is 15.0. The molecule has 29 heavy (non-hydrogen) atoms. The number of anilines is 2. The van der Waals surface area contributed by atoms with Crippen molar-refractivity contribution in [2.24, 2.45) is 0 Å². The minimum atomic E-state index is -0.540. The van der Waals surface area contributed by atoms with Crippen LogP contribution in [0, 0.1) is 5.82 Å². The van der Waals surface area contributed by atoms with Crippen molar-refractivity contribution in [1.82, 2.24) is 30.4 Å². The van der Waals surface area contributed by atoms with Gasteiger partial charge >= 0.3 is 0 Å². The van der Waals surface area contributed by atoms with E-state index in [1.807, 2.05) is 42.5 Å². The van der Waals surface area contributed by atoms with Crippen molar-refractivity contribution in [2.75, 3.05) is 5.32 Å². The first-order valence-corrected chi connectivity index (χ1v) is 8.87. The van der Waals surface area contributed by atoms with E-state index in [4.69, 9.17) is 0 Å². The molecule has 0 radical (unpaired) electrons. The van der Waals surface area contributed by atoms with Crippen molar-refractivity contribution in [1.29, 1.82) is 0 Å². The molecule has 0 fully saturated rings. The number of nitrogens with zero attached hydrogens (tertiary/aromatic N) is 5. The van der Waals surface area contributed by atoms with Crippen LogP contribution >= 0.6 is 0 Å². The maximum Gasteiger partial charge on any atom is 0.288 e. The average molecular weight is 387 g/mol. The second-order valence-corrected chi connectivity index (χ2v) is 6.50. The first kappa shape index (κ1) is 17.0. The first-order valence-electron chi connectivity index (χ1n) is 8.87. The summed E-state index contributed by atoms with van der Waals surface area (Å²) in [7, 11) is 0. The number of hydrogen-bond acceptors (Lipinski definition) is 6. The Kier molecular flexibility index (Phi) is 3.98. The molecule has 142 valence electrons. The Hall–Kier alpha value is -4.14. The molecule has 2 aromatic carbocycles. The fraction of sp³-hybridized carbons (Fsp3) is 0.0500. The van der Waals surface area contributed by atoms with Gasteiger partial charge in [-0.15, -0.1) is 0 Å². The van der Waals surface area contributed by atoms with Gasteiger partial charge in [0.25, 0.3) is 5.56 Å². The van der Waals surface area contributed by atoms with Gasteiger partial charge in [-0.2, -0.15) is 9.78 Å². The van der Waals surface area contributed by atoms with Gasteiger partial charge in [-0.25, -0.2) is 9.49 Å². The van der Waals surface area contributed by atoms with Crippen LogP contribution in [0.25, 0.3) is 12.2 Å². The molecule has 0 aliphatic carbocycles. The Morgan fingerprint density at radius 2 is 1.83 bits per heavy atom. The quantitative estimate of drug-likeness (QED) is 0.494. The van der Waals surface area contributed by atoms with Gasteiger partial charge < -0.3 is 5.32 Å². The number of halogens is 1. The van der Waals surface area contributed by atoms with Crippen molar-refractivity contribution in [3.05, 3.63) is 93.2 Å². The van der Waals surface area contributed by atoms with E-state index in [1.54, 1.807) is 16.8 Å². The molecule has 0 bridgehead atoms. The molecule has 1 aliphatic heterocycles. The molecule has 9 heteroatoms. The lowest BCUT2D eigenvalue weighted by molar-refractivity contribution is 0.562. The first-order chi connectivity index (χ1) is 14.2. The van der Waals surface area contributed by atoms with Gasteiger partial charge in [0, 0.05) is 5.56 Å². The molecule has 1 aliphatic rings. The number of aromatic nitrogens is 6. The third kappa shape index (κ3) is 2.98. The standard InChI is InChI=1S/C20H14FN7O/c21-14-9-7-13(8-10-14)18-16-15(11-6-12-4-2-1-3-5-12)23-24-19(29)17(16)22-20-25-26-27-28(18)20/h1-11,18H,(H,24,29)(H,22,25,27)/b11-6+/t18-/m1/s1. The highest BCUT2D eigenvalue weighted by Crippen LogP contribution is 2.38. The van der Waals surface area contributed by atoms with E-state index in [9.17, 15) is 9.18 Å². The predicted octanol–water partition coefficient (Wildman–Crippen LogP) is 2.76. The number of hydrogen-bond donors (Lipinski definition) is 2. The Morgan fingerprint density at radius 3 is 2.62 bits per heavy atom. The summed E-state index contributed by atoms with van der Waals surface area (Å²) in [6.07, 6.45) is 3.72. The number of H-pyrrole nitrogens is 1. The van der Waals surface area contributed by atoms with Crippen LogP contribution in [0.2, 0.25) is 0 Å². The van der Waals surface area contributed by atoms with E-state index in [2.05, 4.69) is 31.0 Å². The number of benzene rings is 2. The van der Waals surface area contributed by atoms with E-state index in [0.29, 0.717) is 22.9 Å². The Bertz CT molecular complexity index is 1260. The van der Waals surface area contributed by atoms with Crippen molar-refractivity contribution in [2.45, 2.75) is 6.04 Å². The molecule has 2 N–H and O–H groups in total. The monoisotopic (exact) mass is 387 g/mol. The summed E-state index contributed by atoms with van der Waals surface area (Å²) in [6.45, 7) is 0. The van der Waals surface area contributed by atoms with Gasteiger partial charge in [-0.1, -0.05) is 53.6 Å². The molecule has 0 saturated carbocycles. The molecule has 0 saturated heterocycles. The topological polar surface area (TPSA) is 101 Å². The lowest BCUT2D eigenvalue weighted by atomic mass is 9.94. The van der Waals surface area contributed by atoms with Crippen LogP contribution < -0.4 is 10.9 Å². The Balaban J connectivity index is 1.71. The maximum atomic E-state index is 13.5. The van der Waals surface area contributed by atoms with Crippen LogP contribution in [0.15, 0.2) is 59.4 Å². The predicted molar refractivity (Wildman–Crippen MR) is 105 cm³/mol. The number of nitrogens with one attached hydrogen (secondary N) is 2. The summed E-state index contributed by atoms with van der Waals surface area (Å²) in [5, 5.41) is 21.4. The minimum absolute atomic E-state index is 0.310. The maximum absolute atomic E-state index is 13.5. The molecule has 1 atom stereocenters. The molecule has 8 nitrogen and oxygen atoms in total. The molecular formula is C20H14FN7O. The molecule has 0 amide bonds. The molecule has 2 aromatic heterocycles. The van der Waals surface area contributed by atoms with Crippen molar-refractivity contribution in [3.8, 4) is 0 Å². The molecule has 3 heterocycles. The van der Waals surface area contributed by atoms with E-state index < -0.39 is 11.6 Å². The Morgan fingerprint density at radius 1 is 1.03 bits per heavy atom. The normalized spacial score (nSPS) is 15.0. The summed E-state index contributed by atoms with van der Waals surface area (Å²) < 4.78 is 15.1. The number of rotatable bonds is 3. The van der Waals surface area contributed by atoms with E-state index in [0.717, 1.165) is 11.1 Å². The van der Waals surface area contributed by atoms with E-state index in [1.165, 1.54) is 12.1 Å². The highest BCUT2D eigenvalue weighted by atomic mass is 19.1. The third-order valence-electron chi connectivity index (χ3n) is 4.72. The van der Waals surface area contributed by atoms with E-state index in [-0.39, 0.29) is 5.82 Å². The van der Waals surface area contributed by atoms with Gasteiger partial charge in [0.15, 0.2) is 0 Å². The van der Waals surface area contributed by atoms with Crippen molar-refractivity contribution < 1.29 is 4.39 Å². The zero-order valence-electron chi connectivity index (χ0n) is 15.0. The number of fused-ring (bicyclic) bond motifs is 2. The van der Waals surface area contributed by atoms with Gasteiger partial charge in [0.1, 0.15) is 17.5 Å². The van der Waals surface area contributed by atoms with Gasteiger partial charge in [0.05, 0.1) is 5.69 Å². The smallest absolute Gasteiger partial charge is 0.288 e. The van der Waals surface area contributed by atoms with Gasteiger partial charge in [-0.05, 0) is 39.8 Å². The minimum Gasteiger partial charge on any atom is -0.318 e. The highest BCUT2D eigenvalue weighted by molar-refractivity contribution is 5.75. The van der Waals surface area contributed by atoms with Crippen LogP contribution in [-0.2, 0) is 0 Å². The van der Waals surface area contributed by atoms with Crippen molar-refractivity contribution in [3.63, 3.8) is 0 Å². The largest absolute Gasteiger partial charge is 0.318 e. The zero-order chi connectivity index (χ0) is 19.8. The summed E-state index contributed by atoms with van der Waals surface area (Å²) in [4.78, 5) is 12.5. The molecule has 4 aromatic rings. The molecular weight excluding hydrogens is 373 g/mol. The summed E-state index contributed by atoms with van der Waals surface area (Å²) in [5.41, 5.74) is 2.78. The van der Waals surface area contributed by atoms with Crippen molar-refractivity contribution >= 4 is 23.8 Å². The second-order valence-electron chi connectivity index (χ2n) is 6.50. The Labute approximate surface area is 163 Å². The summed E-state index contributed by atoms with van der Waals surface area (Å²) in [6, 6.07) is 15.2. The summed E-state index contributed by atoms with van der Waals surface area (Å²) >= 11 is 0. The number of tetrazole rings is 1. The van der Waals surface area contributed by atoms with E-state index >= 15 is 0 Å². The lowest BCUT2D eigenvalue weighted by Gasteiger charge is -2.27. The molecule has 5 rings (SSSR count). The highest BCUT2D eigenvalue weighted by Gasteiger charge is 2.33. The number of aromatic amines is 1. The average Bonchev–Trinajstić information content (AvgIpc) is 3.22. The van der Waals surface area contributed by atoms with Crippen LogP contribution in [-0.4, -0.2) is 30.4 Å². The second kappa shape index (κ2) is 6.79. The van der Waals surface area contributed by atoms with Gasteiger partial charge in [0.2, 0.25) is 5.95 Å². The van der Waals surface area contributed by atoms with Crippen LogP contribution in [0.5, 0.6) is 0 Å². The fourth-order valence-corrected chi connectivity index (χ4v) is 3.38. The molecule has 0 spiro atoms.